The summed E-state index contributed by atoms with van der Waals surface area (Å²) >= 11 is 0. The maximum absolute atomic E-state index is 14.1. The highest BCUT2D eigenvalue weighted by molar-refractivity contribution is 5.94. The number of carbonyl (C=O) groups is 1. The third kappa shape index (κ3) is 4.14. The van der Waals surface area contributed by atoms with Crippen molar-refractivity contribution in [3.05, 3.63) is 45.4 Å². The van der Waals surface area contributed by atoms with Gasteiger partial charge in [-0.05, 0) is 19.9 Å². The van der Waals surface area contributed by atoms with Crippen LogP contribution in [0.5, 0.6) is 11.6 Å². The van der Waals surface area contributed by atoms with Crippen molar-refractivity contribution in [1.29, 1.82) is 0 Å². The predicted molar refractivity (Wildman–Crippen MR) is 90.0 cm³/mol. The lowest BCUT2D eigenvalue weighted by Crippen LogP contribution is -2.28. The number of non-ortho nitro benzene ring substituents is 1. The molecule has 1 heterocycles. The second-order valence-corrected chi connectivity index (χ2v) is 5.32. The van der Waals surface area contributed by atoms with E-state index >= 15 is 0 Å². The molecule has 140 valence electrons. The van der Waals surface area contributed by atoms with Gasteiger partial charge in [0.1, 0.15) is 0 Å². The van der Waals surface area contributed by atoms with E-state index in [4.69, 9.17) is 9.47 Å². The fourth-order valence-corrected chi connectivity index (χ4v) is 2.24. The summed E-state index contributed by atoms with van der Waals surface area (Å²) in [5.74, 6) is -1.29. The van der Waals surface area contributed by atoms with E-state index in [0.29, 0.717) is 25.3 Å². The number of amides is 1. The van der Waals surface area contributed by atoms with Crippen LogP contribution in [-0.4, -0.2) is 40.9 Å². The van der Waals surface area contributed by atoms with E-state index in [1.165, 1.54) is 11.8 Å². The number of nitro groups is 1. The summed E-state index contributed by atoms with van der Waals surface area (Å²) in [4.78, 5) is 22.2. The van der Waals surface area contributed by atoms with Gasteiger partial charge in [-0.2, -0.15) is 5.10 Å². The number of nitrogens with zero attached hydrogens (tertiary/aromatic N) is 3. The first-order valence-corrected chi connectivity index (χ1v) is 7.85. The van der Waals surface area contributed by atoms with E-state index in [2.05, 4.69) is 10.4 Å². The van der Waals surface area contributed by atoms with E-state index in [-0.39, 0.29) is 23.0 Å². The molecule has 0 spiro atoms. The van der Waals surface area contributed by atoms with Crippen LogP contribution in [0.2, 0.25) is 0 Å². The quantitative estimate of drug-likeness (QED) is 0.437. The second-order valence-electron chi connectivity index (χ2n) is 5.32. The molecule has 10 heteroatoms. The zero-order valence-corrected chi connectivity index (χ0v) is 14.6. The summed E-state index contributed by atoms with van der Waals surface area (Å²) in [5, 5.41) is 17.5. The van der Waals surface area contributed by atoms with Crippen LogP contribution in [0.3, 0.4) is 0 Å². The summed E-state index contributed by atoms with van der Waals surface area (Å²) in [5.41, 5.74) is 0.202. The van der Waals surface area contributed by atoms with Gasteiger partial charge in [-0.15, -0.1) is 0 Å². The molecule has 1 aromatic heterocycles. The molecule has 0 bridgehead atoms. The molecule has 1 amide bonds. The van der Waals surface area contributed by atoms with Crippen LogP contribution in [0.25, 0.3) is 0 Å². The first-order valence-electron chi connectivity index (χ1n) is 7.85. The Morgan fingerprint density at radius 2 is 2.19 bits per heavy atom. The molecule has 0 aliphatic rings. The van der Waals surface area contributed by atoms with Crippen molar-refractivity contribution in [3.8, 4) is 11.6 Å². The highest BCUT2D eigenvalue weighted by Gasteiger charge is 2.22. The summed E-state index contributed by atoms with van der Waals surface area (Å²) < 4.78 is 25.9. The van der Waals surface area contributed by atoms with Crippen LogP contribution >= 0.6 is 0 Å². The molecule has 0 atom stereocenters. The number of halogens is 1. The van der Waals surface area contributed by atoms with E-state index in [0.717, 1.165) is 18.2 Å². The first kappa shape index (κ1) is 19.3. The molecule has 0 saturated carbocycles. The van der Waals surface area contributed by atoms with E-state index in [1.807, 2.05) is 0 Å². The van der Waals surface area contributed by atoms with E-state index < -0.39 is 16.6 Å². The molecular weight excluding hydrogens is 347 g/mol. The molecule has 2 rings (SSSR count). The van der Waals surface area contributed by atoms with Gasteiger partial charge in [-0.25, -0.2) is 9.07 Å². The van der Waals surface area contributed by atoms with Crippen LogP contribution in [-0.2, 0) is 11.3 Å². The van der Waals surface area contributed by atoms with Gasteiger partial charge >= 0.3 is 0 Å². The molecule has 1 N–H and O–H groups in total. The minimum atomic E-state index is -0.881. The maximum atomic E-state index is 14.1. The summed E-state index contributed by atoms with van der Waals surface area (Å²) in [6, 6.07) is 3.08. The molecule has 1 aromatic carbocycles. The number of carbonyl (C=O) groups excluding carboxylic acids is 1. The number of nitro benzene ring substituents is 1. The Bertz CT molecular complexity index is 821. The molecule has 26 heavy (non-hydrogen) atoms. The van der Waals surface area contributed by atoms with Gasteiger partial charge in [0.25, 0.3) is 11.6 Å². The molecule has 2 aromatic rings. The number of ether oxygens (including phenoxy) is 2. The second kappa shape index (κ2) is 8.39. The number of nitrogens with one attached hydrogen (secondary N) is 1. The topological polar surface area (TPSA) is 109 Å². The molecule has 9 nitrogen and oxygen atoms in total. The number of methoxy groups -OCH3 is 1. The average Bonchev–Trinajstić information content (AvgIpc) is 2.92. The highest BCUT2D eigenvalue weighted by Crippen LogP contribution is 2.31. The average molecular weight is 366 g/mol. The molecule has 0 radical (unpaired) electrons. The van der Waals surface area contributed by atoms with Crippen molar-refractivity contribution in [2.75, 3.05) is 20.3 Å². The minimum absolute atomic E-state index is 0.153. The Kier molecular flexibility index (Phi) is 6.23. The normalized spacial score (nSPS) is 10.6. The zero-order chi connectivity index (χ0) is 19.3. The molecular formula is C16H19FN4O5. The zero-order valence-electron chi connectivity index (χ0n) is 14.6. The van der Waals surface area contributed by atoms with Gasteiger partial charge in [0.05, 0.1) is 17.6 Å². The van der Waals surface area contributed by atoms with Crippen molar-refractivity contribution in [2.24, 2.45) is 0 Å². The lowest BCUT2D eigenvalue weighted by molar-refractivity contribution is -0.385. The third-order valence-corrected chi connectivity index (χ3v) is 3.57. The Labute approximate surface area is 148 Å². The fraction of sp³-hybridized carbons (Fsp3) is 0.375. The standard InChI is InChI=1S/C16H19FN4O5/c1-4-20-16(10(2)14(19-20)15(22)18-7-8-25-3)26-13-6-5-11(21(23)24)9-12(13)17/h5-6,9H,4,7-8H2,1-3H3,(H,18,22). The van der Waals surface area contributed by atoms with Crippen molar-refractivity contribution in [3.63, 3.8) is 0 Å². The fourth-order valence-electron chi connectivity index (χ4n) is 2.24. The van der Waals surface area contributed by atoms with Gasteiger partial charge in [0, 0.05) is 31.8 Å². The molecule has 0 aliphatic carbocycles. The van der Waals surface area contributed by atoms with Crippen molar-refractivity contribution in [2.45, 2.75) is 20.4 Å². The van der Waals surface area contributed by atoms with Gasteiger partial charge in [0.2, 0.25) is 5.88 Å². The number of aromatic nitrogens is 2. The summed E-state index contributed by atoms with van der Waals surface area (Å²) in [7, 11) is 1.52. The lowest BCUT2D eigenvalue weighted by Gasteiger charge is -2.09. The van der Waals surface area contributed by atoms with Crippen molar-refractivity contribution < 1.29 is 23.6 Å². The Hall–Kier alpha value is -3.01. The Balaban J connectivity index is 2.29. The lowest BCUT2D eigenvalue weighted by atomic mass is 10.2. The monoisotopic (exact) mass is 366 g/mol. The number of hydrogen-bond donors (Lipinski definition) is 1. The van der Waals surface area contributed by atoms with Crippen LogP contribution < -0.4 is 10.1 Å². The van der Waals surface area contributed by atoms with Gasteiger partial charge < -0.3 is 14.8 Å². The predicted octanol–water partition coefficient (Wildman–Crippen LogP) is 2.43. The maximum Gasteiger partial charge on any atom is 0.272 e. The Morgan fingerprint density at radius 1 is 1.46 bits per heavy atom. The SMILES string of the molecule is CCn1nc(C(=O)NCCOC)c(C)c1Oc1ccc([N+](=O)[O-])cc1F. The minimum Gasteiger partial charge on any atom is -0.436 e. The molecule has 0 saturated heterocycles. The summed E-state index contributed by atoms with van der Waals surface area (Å²) in [6.45, 7) is 4.48. The first-order chi connectivity index (χ1) is 12.4. The van der Waals surface area contributed by atoms with E-state index in [9.17, 15) is 19.3 Å². The Morgan fingerprint density at radius 3 is 2.77 bits per heavy atom. The van der Waals surface area contributed by atoms with Crippen molar-refractivity contribution >= 4 is 11.6 Å². The number of aryl methyl sites for hydroxylation is 1. The van der Waals surface area contributed by atoms with Crippen LogP contribution in [0.1, 0.15) is 23.0 Å². The third-order valence-electron chi connectivity index (χ3n) is 3.57. The largest absolute Gasteiger partial charge is 0.436 e. The van der Waals surface area contributed by atoms with Gasteiger partial charge in [-0.3, -0.25) is 14.9 Å². The smallest absolute Gasteiger partial charge is 0.272 e. The number of rotatable bonds is 8. The molecule has 0 aliphatic heterocycles. The highest BCUT2D eigenvalue weighted by atomic mass is 19.1. The van der Waals surface area contributed by atoms with Crippen LogP contribution in [0, 0.1) is 22.9 Å². The number of hydrogen-bond acceptors (Lipinski definition) is 6. The van der Waals surface area contributed by atoms with Crippen molar-refractivity contribution in [1.82, 2.24) is 15.1 Å². The summed E-state index contributed by atoms with van der Waals surface area (Å²) in [6.07, 6.45) is 0. The van der Waals surface area contributed by atoms with Crippen LogP contribution in [0.4, 0.5) is 10.1 Å². The van der Waals surface area contributed by atoms with Gasteiger partial charge in [-0.1, -0.05) is 0 Å². The molecule has 0 unspecified atom stereocenters. The van der Waals surface area contributed by atoms with Gasteiger partial charge in [0.15, 0.2) is 17.3 Å². The molecule has 0 fully saturated rings. The number of benzene rings is 1. The van der Waals surface area contributed by atoms with E-state index in [1.54, 1.807) is 13.8 Å². The van der Waals surface area contributed by atoms with Crippen LogP contribution in [0.15, 0.2) is 18.2 Å².